The molecule has 2 amide bonds. The molecule has 6 nitrogen and oxygen atoms in total. The van der Waals surface area contributed by atoms with Crippen LogP contribution in [0, 0.1) is 0 Å². The first-order chi connectivity index (χ1) is 14.1. The Bertz CT molecular complexity index is 748. The van der Waals surface area contributed by atoms with E-state index in [2.05, 4.69) is 21.4 Å². The Morgan fingerprint density at radius 1 is 1.20 bits per heavy atom. The second-order valence-corrected chi connectivity index (χ2v) is 7.51. The maximum absolute atomic E-state index is 12.3. The fourth-order valence-corrected chi connectivity index (χ4v) is 3.21. The number of allylic oxidation sites excluding steroid dienone is 1. The van der Waals surface area contributed by atoms with Gasteiger partial charge in [-0.05, 0) is 63.3 Å². The molecule has 166 valence electrons. The predicted molar refractivity (Wildman–Crippen MR) is 107 cm³/mol. The van der Waals surface area contributed by atoms with Gasteiger partial charge in [0.2, 0.25) is 0 Å². The van der Waals surface area contributed by atoms with E-state index in [4.69, 9.17) is 0 Å². The fraction of sp³-hybridized carbons (Fsp3) is 0.524. The minimum Gasteiger partial charge on any atom is -0.406 e. The Morgan fingerprint density at radius 2 is 1.90 bits per heavy atom. The van der Waals surface area contributed by atoms with Gasteiger partial charge in [0.05, 0.1) is 7.05 Å². The van der Waals surface area contributed by atoms with Gasteiger partial charge in [-0.2, -0.15) is 0 Å². The molecular weight excluding hydrogens is 399 g/mol. The van der Waals surface area contributed by atoms with Crippen molar-refractivity contribution in [1.29, 1.82) is 0 Å². The average Bonchev–Trinajstić information content (AvgIpc) is 2.68. The minimum absolute atomic E-state index is 0.0422. The standard InChI is InChI=1S/C21H28F3N3O3/c1-15(20(29)25-13-12-16-6-4-3-5-7-16)27(2)14-19(28)26-17-8-10-18(11-9-17)30-21(22,23)24/h6,8-11,15H,3-5,7,12-14H2,1-2H3,(H,25,29)(H,26,28)/p+1/t15-/m0/s1. The number of hydrogen-bond acceptors (Lipinski definition) is 3. The van der Waals surface area contributed by atoms with Crippen molar-refractivity contribution < 1.29 is 32.4 Å². The first-order valence-corrected chi connectivity index (χ1v) is 10.1. The molecule has 9 heteroatoms. The molecule has 0 heterocycles. The molecular formula is C21H29F3N3O3+. The summed E-state index contributed by atoms with van der Waals surface area (Å²) >= 11 is 0. The van der Waals surface area contributed by atoms with Crippen LogP contribution in [0.25, 0.3) is 0 Å². The summed E-state index contributed by atoms with van der Waals surface area (Å²) in [5, 5.41) is 5.53. The zero-order valence-electron chi connectivity index (χ0n) is 17.3. The van der Waals surface area contributed by atoms with Gasteiger partial charge >= 0.3 is 6.36 Å². The van der Waals surface area contributed by atoms with Crippen molar-refractivity contribution in [2.45, 2.75) is 51.4 Å². The minimum atomic E-state index is -4.76. The van der Waals surface area contributed by atoms with E-state index in [1.807, 2.05) is 0 Å². The number of carbonyl (C=O) groups excluding carboxylic acids is 2. The third-order valence-corrected chi connectivity index (χ3v) is 5.07. The normalized spacial score (nSPS) is 16.2. The SMILES string of the molecule is C[C@@H](C(=O)NCCC1=CCCCC1)[NH+](C)CC(=O)Nc1ccc(OC(F)(F)F)cc1. The van der Waals surface area contributed by atoms with E-state index in [-0.39, 0.29) is 24.1 Å². The molecule has 2 rings (SSSR count). The van der Waals surface area contributed by atoms with Crippen LogP contribution in [-0.2, 0) is 9.59 Å². The summed E-state index contributed by atoms with van der Waals surface area (Å²) in [7, 11) is 1.74. The molecule has 0 saturated heterocycles. The molecule has 0 bridgehead atoms. The molecule has 0 aliphatic heterocycles. The number of carbonyl (C=O) groups is 2. The third-order valence-electron chi connectivity index (χ3n) is 5.07. The molecule has 1 unspecified atom stereocenters. The molecule has 3 N–H and O–H groups in total. The van der Waals surface area contributed by atoms with Crippen LogP contribution in [0.1, 0.15) is 39.0 Å². The Morgan fingerprint density at radius 3 is 2.50 bits per heavy atom. The van der Waals surface area contributed by atoms with Crippen LogP contribution in [-0.4, -0.2) is 44.4 Å². The Labute approximate surface area is 174 Å². The largest absolute Gasteiger partial charge is 0.573 e. The van der Waals surface area contributed by atoms with E-state index in [1.54, 1.807) is 14.0 Å². The highest BCUT2D eigenvalue weighted by molar-refractivity contribution is 5.91. The molecule has 1 aliphatic carbocycles. The van der Waals surface area contributed by atoms with Crippen molar-refractivity contribution >= 4 is 17.5 Å². The molecule has 1 aromatic rings. The molecule has 1 aromatic carbocycles. The number of halogens is 3. The van der Waals surface area contributed by atoms with Crippen molar-refractivity contribution in [1.82, 2.24) is 5.32 Å². The molecule has 2 atom stereocenters. The number of amides is 2. The van der Waals surface area contributed by atoms with Gasteiger partial charge in [-0.3, -0.25) is 9.59 Å². The van der Waals surface area contributed by atoms with Crippen molar-refractivity contribution in [3.05, 3.63) is 35.9 Å². The summed E-state index contributed by atoms with van der Waals surface area (Å²) < 4.78 is 40.3. The van der Waals surface area contributed by atoms with E-state index in [0.29, 0.717) is 17.1 Å². The highest BCUT2D eigenvalue weighted by atomic mass is 19.4. The summed E-state index contributed by atoms with van der Waals surface area (Å²) in [5.41, 5.74) is 1.74. The summed E-state index contributed by atoms with van der Waals surface area (Å²) in [6.07, 6.45) is 2.99. The average molecular weight is 428 g/mol. The quantitative estimate of drug-likeness (QED) is 0.529. The van der Waals surface area contributed by atoms with Gasteiger partial charge in [0.1, 0.15) is 5.75 Å². The number of benzene rings is 1. The van der Waals surface area contributed by atoms with E-state index in [9.17, 15) is 22.8 Å². The number of nitrogens with one attached hydrogen (secondary N) is 3. The number of rotatable bonds is 9. The summed E-state index contributed by atoms with van der Waals surface area (Å²) in [6.45, 7) is 2.38. The maximum atomic E-state index is 12.3. The van der Waals surface area contributed by atoms with Gasteiger partial charge in [-0.25, -0.2) is 0 Å². The van der Waals surface area contributed by atoms with E-state index < -0.39 is 12.4 Å². The van der Waals surface area contributed by atoms with Crippen LogP contribution in [0.5, 0.6) is 5.75 Å². The van der Waals surface area contributed by atoms with E-state index in [1.165, 1.54) is 30.5 Å². The van der Waals surface area contributed by atoms with Crippen LogP contribution < -0.4 is 20.3 Å². The van der Waals surface area contributed by atoms with Crippen LogP contribution in [0.15, 0.2) is 35.9 Å². The van der Waals surface area contributed by atoms with E-state index >= 15 is 0 Å². The number of hydrogen-bond donors (Lipinski definition) is 3. The second kappa shape index (κ2) is 11.0. The molecule has 0 radical (unpaired) electrons. The Hall–Kier alpha value is -2.55. The molecule has 0 aromatic heterocycles. The lowest BCUT2D eigenvalue weighted by Gasteiger charge is -2.21. The lowest BCUT2D eigenvalue weighted by atomic mass is 9.97. The molecule has 0 saturated carbocycles. The van der Waals surface area contributed by atoms with Crippen LogP contribution >= 0.6 is 0 Å². The monoisotopic (exact) mass is 428 g/mol. The summed E-state index contributed by atoms with van der Waals surface area (Å²) in [6, 6.07) is 4.47. The highest BCUT2D eigenvalue weighted by Gasteiger charge is 2.31. The first kappa shape index (κ1) is 23.7. The maximum Gasteiger partial charge on any atom is 0.573 e. The number of anilines is 1. The van der Waals surface area contributed by atoms with Gasteiger partial charge in [0.25, 0.3) is 11.8 Å². The van der Waals surface area contributed by atoms with Crippen LogP contribution in [0.4, 0.5) is 18.9 Å². The van der Waals surface area contributed by atoms with Gasteiger partial charge < -0.3 is 20.3 Å². The lowest BCUT2D eigenvalue weighted by molar-refractivity contribution is -0.885. The second-order valence-electron chi connectivity index (χ2n) is 7.51. The number of likely N-dealkylation sites (N-methyl/N-ethyl adjacent to an activating group) is 1. The van der Waals surface area contributed by atoms with Crippen molar-refractivity contribution in [3.63, 3.8) is 0 Å². The molecule has 0 spiro atoms. The Kier molecular flexibility index (Phi) is 8.71. The summed E-state index contributed by atoms with van der Waals surface area (Å²) in [5.74, 6) is -0.827. The fourth-order valence-electron chi connectivity index (χ4n) is 3.21. The van der Waals surface area contributed by atoms with Gasteiger partial charge in [0.15, 0.2) is 12.6 Å². The van der Waals surface area contributed by atoms with Crippen LogP contribution in [0.3, 0.4) is 0 Å². The number of quaternary nitrogens is 1. The smallest absolute Gasteiger partial charge is 0.406 e. The van der Waals surface area contributed by atoms with Crippen LogP contribution in [0.2, 0.25) is 0 Å². The van der Waals surface area contributed by atoms with Gasteiger partial charge in [-0.15, -0.1) is 13.2 Å². The lowest BCUT2D eigenvalue weighted by Crippen LogP contribution is -3.15. The molecule has 0 fully saturated rings. The number of ether oxygens (including phenoxy) is 1. The predicted octanol–water partition coefficient (Wildman–Crippen LogP) is 2.43. The topological polar surface area (TPSA) is 71.9 Å². The molecule has 30 heavy (non-hydrogen) atoms. The number of alkyl halides is 3. The Balaban J connectivity index is 1.74. The highest BCUT2D eigenvalue weighted by Crippen LogP contribution is 2.24. The van der Waals surface area contributed by atoms with Gasteiger partial charge in [-0.1, -0.05) is 11.6 Å². The third kappa shape index (κ3) is 8.44. The zero-order valence-corrected chi connectivity index (χ0v) is 17.3. The van der Waals surface area contributed by atoms with Gasteiger partial charge in [0, 0.05) is 12.2 Å². The van der Waals surface area contributed by atoms with Crippen molar-refractivity contribution in [2.24, 2.45) is 0 Å². The van der Waals surface area contributed by atoms with E-state index in [0.717, 1.165) is 31.4 Å². The van der Waals surface area contributed by atoms with Crippen molar-refractivity contribution in [3.8, 4) is 5.75 Å². The first-order valence-electron chi connectivity index (χ1n) is 10.1. The molecule has 1 aliphatic rings. The van der Waals surface area contributed by atoms with Crippen molar-refractivity contribution in [2.75, 3.05) is 25.5 Å². The summed E-state index contributed by atoms with van der Waals surface area (Å²) in [4.78, 5) is 25.2. The zero-order chi connectivity index (χ0) is 22.1.